The normalized spacial score (nSPS) is 15.9. The van der Waals surface area contributed by atoms with Gasteiger partial charge in [-0.2, -0.15) is 0 Å². The van der Waals surface area contributed by atoms with Crippen molar-refractivity contribution in [2.24, 2.45) is 10.9 Å². The third-order valence-corrected chi connectivity index (χ3v) is 6.63. The van der Waals surface area contributed by atoms with Crippen LogP contribution in [-0.2, 0) is 22.3 Å². The average Bonchev–Trinajstić information content (AvgIpc) is 3.14. The molecule has 0 aliphatic heterocycles. The standard InChI is InChI=1S/C21H36N4O2S/c1-17(2)25-28(26,27)16-20-13-7-6-12-19(20)15-24-21(22-3)23-14-8-11-18-9-4-5-10-18/h6-7,12-13,17-18,25H,4-5,8-11,14-16H2,1-3H3,(H2,22,23,24). The van der Waals surface area contributed by atoms with Crippen LogP contribution in [0.4, 0.5) is 0 Å². The minimum atomic E-state index is -3.35. The van der Waals surface area contributed by atoms with E-state index in [0.29, 0.717) is 6.54 Å². The second-order valence-corrected chi connectivity index (χ2v) is 9.70. The van der Waals surface area contributed by atoms with Crippen molar-refractivity contribution in [1.29, 1.82) is 0 Å². The molecule has 6 nitrogen and oxygen atoms in total. The first-order valence-electron chi connectivity index (χ1n) is 10.4. The van der Waals surface area contributed by atoms with Crippen LogP contribution in [0.25, 0.3) is 0 Å². The number of rotatable bonds is 10. The van der Waals surface area contributed by atoms with Crippen LogP contribution in [0.2, 0.25) is 0 Å². The highest BCUT2D eigenvalue weighted by Crippen LogP contribution is 2.28. The lowest BCUT2D eigenvalue weighted by molar-refractivity contribution is 0.481. The van der Waals surface area contributed by atoms with Gasteiger partial charge < -0.3 is 10.6 Å². The lowest BCUT2D eigenvalue weighted by Crippen LogP contribution is -2.37. The van der Waals surface area contributed by atoms with Gasteiger partial charge in [0.05, 0.1) is 5.75 Å². The number of sulfonamides is 1. The number of aliphatic imine (C=N–C) groups is 1. The Labute approximate surface area is 170 Å². The summed E-state index contributed by atoms with van der Waals surface area (Å²) in [5.41, 5.74) is 1.77. The van der Waals surface area contributed by atoms with Crippen LogP contribution in [0.1, 0.15) is 63.5 Å². The molecule has 1 aromatic carbocycles. The molecule has 1 fully saturated rings. The Kier molecular flexibility index (Phi) is 9.25. The zero-order chi connectivity index (χ0) is 20.4. The van der Waals surface area contributed by atoms with Gasteiger partial charge in [0.25, 0.3) is 0 Å². The van der Waals surface area contributed by atoms with Crippen molar-refractivity contribution >= 4 is 16.0 Å². The van der Waals surface area contributed by atoms with Crippen molar-refractivity contribution in [3.63, 3.8) is 0 Å². The van der Waals surface area contributed by atoms with Gasteiger partial charge in [-0.25, -0.2) is 13.1 Å². The molecule has 1 aliphatic carbocycles. The zero-order valence-corrected chi connectivity index (χ0v) is 18.3. The molecule has 0 aromatic heterocycles. The van der Waals surface area contributed by atoms with E-state index < -0.39 is 10.0 Å². The van der Waals surface area contributed by atoms with Crippen molar-refractivity contribution in [2.75, 3.05) is 13.6 Å². The van der Waals surface area contributed by atoms with Crippen LogP contribution in [0.15, 0.2) is 29.3 Å². The molecule has 3 N–H and O–H groups in total. The number of nitrogens with one attached hydrogen (secondary N) is 3. The molecule has 0 radical (unpaired) electrons. The molecule has 2 rings (SSSR count). The third-order valence-electron chi connectivity index (χ3n) is 5.11. The number of guanidine groups is 1. The molecule has 0 amide bonds. The first kappa shape index (κ1) is 22.7. The molecule has 7 heteroatoms. The second-order valence-electron chi connectivity index (χ2n) is 7.95. The highest BCUT2D eigenvalue weighted by Gasteiger charge is 2.16. The molecule has 0 saturated heterocycles. The van der Waals surface area contributed by atoms with Gasteiger partial charge >= 0.3 is 0 Å². The smallest absolute Gasteiger partial charge is 0.216 e. The van der Waals surface area contributed by atoms with E-state index in [1.165, 1.54) is 32.1 Å². The van der Waals surface area contributed by atoms with Gasteiger partial charge in [-0.1, -0.05) is 49.9 Å². The summed E-state index contributed by atoms with van der Waals surface area (Å²) in [6.45, 7) is 5.10. The van der Waals surface area contributed by atoms with Crippen molar-refractivity contribution < 1.29 is 8.42 Å². The Morgan fingerprint density at radius 3 is 2.46 bits per heavy atom. The summed E-state index contributed by atoms with van der Waals surface area (Å²) in [5, 5.41) is 6.67. The first-order chi connectivity index (χ1) is 13.4. The van der Waals surface area contributed by atoms with Gasteiger partial charge in [-0.3, -0.25) is 4.99 Å². The summed E-state index contributed by atoms with van der Waals surface area (Å²) in [4.78, 5) is 4.28. The predicted molar refractivity (Wildman–Crippen MR) is 117 cm³/mol. The quantitative estimate of drug-likeness (QED) is 0.315. The maximum atomic E-state index is 12.3. The molecule has 0 unspecified atom stereocenters. The third kappa shape index (κ3) is 8.19. The largest absolute Gasteiger partial charge is 0.356 e. The maximum Gasteiger partial charge on any atom is 0.216 e. The Morgan fingerprint density at radius 2 is 1.82 bits per heavy atom. The molecule has 158 valence electrons. The first-order valence-corrected chi connectivity index (χ1v) is 12.1. The summed E-state index contributed by atoms with van der Waals surface area (Å²) < 4.78 is 27.2. The van der Waals surface area contributed by atoms with Crippen LogP contribution in [0, 0.1) is 5.92 Å². The van der Waals surface area contributed by atoms with E-state index in [9.17, 15) is 8.42 Å². The summed E-state index contributed by atoms with van der Waals surface area (Å²) in [5.74, 6) is 1.64. The molecule has 0 atom stereocenters. The topological polar surface area (TPSA) is 82.6 Å². The Hall–Kier alpha value is -1.60. The van der Waals surface area contributed by atoms with E-state index in [-0.39, 0.29) is 11.8 Å². The molecule has 28 heavy (non-hydrogen) atoms. The van der Waals surface area contributed by atoms with Gasteiger partial charge in [0.1, 0.15) is 0 Å². The monoisotopic (exact) mass is 408 g/mol. The van der Waals surface area contributed by atoms with Gasteiger partial charge in [0, 0.05) is 26.2 Å². The van der Waals surface area contributed by atoms with Crippen molar-refractivity contribution in [3.05, 3.63) is 35.4 Å². The van der Waals surface area contributed by atoms with Crippen molar-refractivity contribution in [1.82, 2.24) is 15.4 Å². The predicted octanol–water partition coefficient (Wildman–Crippen LogP) is 3.15. The summed E-state index contributed by atoms with van der Waals surface area (Å²) in [6, 6.07) is 7.53. The number of nitrogens with zero attached hydrogens (tertiary/aromatic N) is 1. The molecule has 0 spiro atoms. The van der Waals surface area contributed by atoms with Crippen LogP contribution >= 0.6 is 0 Å². The second kappa shape index (κ2) is 11.4. The van der Waals surface area contributed by atoms with Crippen LogP contribution in [-0.4, -0.2) is 34.0 Å². The van der Waals surface area contributed by atoms with Crippen molar-refractivity contribution in [2.45, 2.75) is 70.7 Å². The number of hydrogen-bond donors (Lipinski definition) is 3. The molecule has 1 saturated carbocycles. The SMILES string of the molecule is CN=C(NCCCC1CCCC1)NCc1ccccc1CS(=O)(=O)NC(C)C. The van der Waals surface area contributed by atoms with Gasteiger partial charge in [0.15, 0.2) is 5.96 Å². The van der Waals surface area contributed by atoms with E-state index in [2.05, 4.69) is 20.3 Å². The average molecular weight is 409 g/mol. The van der Waals surface area contributed by atoms with Crippen molar-refractivity contribution in [3.8, 4) is 0 Å². The van der Waals surface area contributed by atoms with E-state index in [0.717, 1.165) is 36.0 Å². The van der Waals surface area contributed by atoms with Gasteiger partial charge in [0.2, 0.25) is 10.0 Å². The highest BCUT2D eigenvalue weighted by molar-refractivity contribution is 7.88. The van der Waals surface area contributed by atoms with E-state index in [4.69, 9.17) is 0 Å². The summed E-state index contributed by atoms with van der Waals surface area (Å²) in [7, 11) is -1.59. The lowest BCUT2D eigenvalue weighted by Gasteiger charge is -2.16. The van der Waals surface area contributed by atoms with Gasteiger partial charge in [-0.05, 0) is 43.7 Å². The van der Waals surface area contributed by atoms with E-state index in [1.807, 2.05) is 38.1 Å². The fraction of sp³-hybridized carbons (Fsp3) is 0.667. The minimum absolute atomic E-state index is 0.0174. The minimum Gasteiger partial charge on any atom is -0.356 e. The fourth-order valence-corrected chi connectivity index (χ4v) is 5.27. The highest BCUT2D eigenvalue weighted by atomic mass is 32.2. The van der Waals surface area contributed by atoms with Gasteiger partial charge in [-0.15, -0.1) is 0 Å². The molecular weight excluding hydrogens is 372 g/mol. The maximum absolute atomic E-state index is 12.3. The Balaban J connectivity index is 1.83. The van der Waals surface area contributed by atoms with Crippen LogP contribution in [0.5, 0.6) is 0 Å². The summed E-state index contributed by atoms with van der Waals surface area (Å²) in [6.07, 6.45) is 8.00. The summed E-state index contributed by atoms with van der Waals surface area (Å²) >= 11 is 0. The molecule has 0 heterocycles. The Bertz CT molecular complexity index is 726. The van der Waals surface area contributed by atoms with E-state index >= 15 is 0 Å². The van der Waals surface area contributed by atoms with E-state index in [1.54, 1.807) is 7.05 Å². The zero-order valence-electron chi connectivity index (χ0n) is 17.5. The molecular formula is C21H36N4O2S. The number of benzene rings is 1. The molecule has 0 bridgehead atoms. The molecule has 1 aromatic rings. The molecule has 1 aliphatic rings. The Morgan fingerprint density at radius 1 is 1.14 bits per heavy atom. The van der Waals surface area contributed by atoms with Crippen LogP contribution in [0.3, 0.4) is 0 Å². The lowest BCUT2D eigenvalue weighted by atomic mass is 10.0. The van der Waals surface area contributed by atoms with Crippen LogP contribution < -0.4 is 15.4 Å². The fourth-order valence-electron chi connectivity index (χ4n) is 3.77. The number of hydrogen-bond acceptors (Lipinski definition) is 3.